The molecule has 1 N–H and O–H groups in total. The fraction of sp³-hybridized carbons (Fsp3) is 1.00. The highest BCUT2D eigenvalue weighted by Crippen LogP contribution is 2.12. The fourth-order valence-corrected chi connectivity index (χ4v) is 2.97. The Labute approximate surface area is 120 Å². The molecule has 1 rings (SSSR count). The molecule has 0 aromatic heterocycles. The number of hydrogen-bond acceptors (Lipinski definition) is 3. The van der Waals surface area contributed by atoms with E-state index in [-0.39, 0.29) is 0 Å². The Kier molecular flexibility index (Phi) is 8.67. The minimum Gasteiger partial charge on any atom is -0.381 e. The van der Waals surface area contributed by atoms with Crippen molar-refractivity contribution in [2.24, 2.45) is 11.8 Å². The monoisotopic (exact) mass is 270 g/mol. The Hall–Kier alpha value is -0.120. The summed E-state index contributed by atoms with van der Waals surface area (Å²) in [4.78, 5) is 2.67. The first-order valence-electron chi connectivity index (χ1n) is 8.19. The number of rotatable bonds is 10. The van der Waals surface area contributed by atoms with Gasteiger partial charge in [0.05, 0.1) is 6.61 Å². The maximum atomic E-state index is 5.41. The van der Waals surface area contributed by atoms with Gasteiger partial charge in [-0.25, -0.2) is 0 Å². The molecule has 1 saturated heterocycles. The number of ether oxygens (including phenoxy) is 1. The SMILES string of the molecule is CCC(CC)N(CCNCC1CCOC1)CC(C)C. The summed E-state index contributed by atoms with van der Waals surface area (Å²) in [7, 11) is 0. The van der Waals surface area contributed by atoms with Gasteiger partial charge in [-0.3, -0.25) is 4.90 Å². The molecule has 19 heavy (non-hydrogen) atoms. The Bertz CT molecular complexity index is 211. The van der Waals surface area contributed by atoms with Gasteiger partial charge in [-0.05, 0) is 31.1 Å². The molecule has 1 aliphatic heterocycles. The van der Waals surface area contributed by atoms with Gasteiger partial charge in [-0.2, -0.15) is 0 Å². The van der Waals surface area contributed by atoms with Gasteiger partial charge in [-0.1, -0.05) is 27.7 Å². The average Bonchev–Trinajstić information content (AvgIpc) is 2.88. The van der Waals surface area contributed by atoms with Crippen molar-refractivity contribution in [1.29, 1.82) is 0 Å². The van der Waals surface area contributed by atoms with Gasteiger partial charge in [0, 0.05) is 38.8 Å². The summed E-state index contributed by atoms with van der Waals surface area (Å²) in [6.45, 7) is 15.8. The second-order valence-corrected chi connectivity index (χ2v) is 6.29. The Morgan fingerprint density at radius 1 is 1.26 bits per heavy atom. The molecular weight excluding hydrogens is 236 g/mol. The van der Waals surface area contributed by atoms with E-state index in [1.807, 2.05) is 0 Å². The highest BCUT2D eigenvalue weighted by atomic mass is 16.5. The molecule has 3 heteroatoms. The largest absolute Gasteiger partial charge is 0.381 e. The van der Waals surface area contributed by atoms with Gasteiger partial charge >= 0.3 is 0 Å². The molecule has 1 fully saturated rings. The van der Waals surface area contributed by atoms with Gasteiger partial charge < -0.3 is 10.1 Å². The van der Waals surface area contributed by atoms with Crippen LogP contribution in [0.2, 0.25) is 0 Å². The van der Waals surface area contributed by atoms with E-state index < -0.39 is 0 Å². The van der Waals surface area contributed by atoms with E-state index in [2.05, 4.69) is 37.9 Å². The lowest BCUT2D eigenvalue weighted by Gasteiger charge is -2.32. The first-order valence-corrected chi connectivity index (χ1v) is 8.19. The predicted molar refractivity (Wildman–Crippen MR) is 82.6 cm³/mol. The van der Waals surface area contributed by atoms with Crippen molar-refractivity contribution in [3.63, 3.8) is 0 Å². The summed E-state index contributed by atoms with van der Waals surface area (Å²) < 4.78 is 5.41. The minimum atomic E-state index is 0.742. The topological polar surface area (TPSA) is 24.5 Å². The van der Waals surface area contributed by atoms with Crippen LogP contribution in [0.1, 0.15) is 47.0 Å². The van der Waals surface area contributed by atoms with Crippen LogP contribution in [0.3, 0.4) is 0 Å². The second-order valence-electron chi connectivity index (χ2n) is 6.29. The molecule has 1 unspecified atom stereocenters. The summed E-state index contributed by atoms with van der Waals surface area (Å²) in [5, 5.41) is 3.61. The van der Waals surface area contributed by atoms with E-state index in [9.17, 15) is 0 Å². The van der Waals surface area contributed by atoms with Crippen LogP contribution in [0.4, 0.5) is 0 Å². The molecular formula is C16H34N2O. The lowest BCUT2D eigenvalue weighted by molar-refractivity contribution is 0.164. The first-order chi connectivity index (χ1) is 9.17. The molecule has 1 atom stereocenters. The normalized spacial score (nSPS) is 20.1. The molecule has 0 spiro atoms. The zero-order chi connectivity index (χ0) is 14.1. The highest BCUT2D eigenvalue weighted by molar-refractivity contribution is 4.72. The average molecular weight is 270 g/mol. The van der Waals surface area contributed by atoms with Crippen molar-refractivity contribution >= 4 is 0 Å². The van der Waals surface area contributed by atoms with E-state index >= 15 is 0 Å². The Morgan fingerprint density at radius 3 is 2.53 bits per heavy atom. The lowest BCUT2D eigenvalue weighted by Crippen LogP contribution is -2.42. The van der Waals surface area contributed by atoms with Crippen LogP contribution in [0, 0.1) is 11.8 Å². The van der Waals surface area contributed by atoms with Crippen molar-refractivity contribution in [1.82, 2.24) is 10.2 Å². The smallest absolute Gasteiger partial charge is 0.0507 e. The molecule has 0 aromatic carbocycles. The van der Waals surface area contributed by atoms with Gasteiger partial charge in [0.2, 0.25) is 0 Å². The minimum absolute atomic E-state index is 0.742. The van der Waals surface area contributed by atoms with Crippen molar-refractivity contribution in [3.05, 3.63) is 0 Å². The molecule has 114 valence electrons. The Morgan fingerprint density at radius 2 is 2.00 bits per heavy atom. The third-order valence-corrected chi connectivity index (χ3v) is 4.09. The van der Waals surface area contributed by atoms with E-state index in [1.54, 1.807) is 0 Å². The number of nitrogens with one attached hydrogen (secondary N) is 1. The van der Waals surface area contributed by atoms with E-state index in [0.717, 1.165) is 44.2 Å². The van der Waals surface area contributed by atoms with Crippen LogP contribution < -0.4 is 5.32 Å². The van der Waals surface area contributed by atoms with Crippen molar-refractivity contribution in [2.75, 3.05) is 39.4 Å². The molecule has 0 aromatic rings. The van der Waals surface area contributed by atoms with Crippen molar-refractivity contribution in [2.45, 2.75) is 53.0 Å². The second kappa shape index (κ2) is 9.73. The summed E-state index contributed by atoms with van der Waals surface area (Å²) in [5.41, 5.74) is 0. The van der Waals surface area contributed by atoms with Gasteiger partial charge in [0.15, 0.2) is 0 Å². The van der Waals surface area contributed by atoms with Crippen LogP contribution >= 0.6 is 0 Å². The standard InChI is InChI=1S/C16H34N2O/c1-5-16(6-2)18(12-14(3)4)9-8-17-11-15-7-10-19-13-15/h14-17H,5-13H2,1-4H3. The summed E-state index contributed by atoms with van der Waals surface area (Å²) in [6, 6.07) is 0.749. The molecule has 0 amide bonds. The third-order valence-electron chi connectivity index (χ3n) is 4.09. The Balaban J connectivity index is 2.22. The number of hydrogen-bond donors (Lipinski definition) is 1. The van der Waals surface area contributed by atoms with Crippen LogP contribution in [0.5, 0.6) is 0 Å². The molecule has 0 bridgehead atoms. The van der Waals surface area contributed by atoms with E-state index in [4.69, 9.17) is 4.74 Å². The summed E-state index contributed by atoms with van der Waals surface area (Å²) in [5.74, 6) is 1.50. The zero-order valence-corrected chi connectivity index (χ0v) is 13.5. The maximum Gasteiger partial charge on any atom is 0.0507 e. The van der Waals surface area contributed by atoms with Gasteiger partial charge in [-0.15, -0.1) is 0 Å². The molecule has 0 radical (unpaired) electrons. The molecule has 3 nitrogen and oxygen atoms in total. The van der Waals surface area contributed by atoms with E-state index in [1.165, 1.54) is 32.4 Å². The number of nitrogens with zero attached hydrogens (tertiary/aromatic N) is 1. The van der Waals surface area contributed by atoms with Crippen LogP contribution in [0.15, 0.2) is 0 Å². The van der Waals surface area contributed by atoms with Gasteiger partial charge in [0.1, 0.15) is 0 Å². The zero-order valence-electron chi connectivity index (χ0n) is 13.5. The predicted octanol–water partition coefficient (Wildman–Crippen LogP) is 2.76. The fourth-order valence-electron chi connectivity index (χ4n) is 2.97. The summed E-state index contributed by atoms with van der Waals surface area (Å²) in [6.07, 6.45) is 3.76. The van der Waals surface area contributed by atoms with Crippen molar-refractivity contribution < 1.29 is 4.74 Å². The third kappa shape index (κ3) is 6.73. The van der Waals surface area contributed by atoms with E-state index in [0.29, 0.717) is 0 Å². The molecule has 1 aliphatic rings. The van der Waals surface area contributed by atoms with Crippen LogP contribution in [-0.4, -0.2) is 50.3 Å². The first kappa shape index (κ1) is 16.9. The van der Waals surface area contributed by atoms with Gasteiger partial charge in [0.25, 0.3) is 0 Å². The maximum absolute atomic E-state index is 5.41. The lowest BCUT2D eigenvalue weighted by atomic mass is 10.1. The highest BCUT2D eigenvalue weighted by Gasteiger charge is 2.17. The van der Waals surface area contributed by atoms with Crippen LogP contribution in [0.25, 0.3) is 0 Å². The summed E-state index contributed by atoms with van der Waals surface area (Å²) >= 11 is 0. The molecule has 0 saturated carbocycles. The van der Waals surface area contributed by atoms with Crippen LogP contribution in [-0.2, 0) is 4.74 Å². The quantitative estimate of drug-likeness (QED) is 0.618. The van der Waals surface area contributed by atoms with Crippen molar-refractivity contribution in [3.8, 4) is 0 Å². The molecule has 1 heterocycles. The molecule has 0 aliphatic carbocycles.